The van der Waals surface area contributed by atoms with Gasteiger partial charge in [0.15, 0.2) is 0 Å². The van der Waals surface area contributed by atoms with Crippen LogP contribution in [0.3, 0.4) is 0 Å². The van der Waals surface area contributed by atoms with Gasteiger partial charge in [-0.3, -0.25) is 0 Å². The SMILES string of the molecule is Cc1cc2ccc(Cn3cc(-c4cnc5[nH]ccc5c4)nn3)cc2[nH]1.NCC1CCC1. The first-order valence-corrected chi connectivity index (χ1v) is 10.8. The van der Waals surface area contributed by atoms with E-state index in [2.05, 4.69) is 62.5 Å². The van der Waals surface area contributed by atoms with Crippen LogP contribution in [0.15, 0.2) is 55.0 Å². The van der Waals surface area contributed by atoms with Crippen LogP contribution in [0.4, 0.5) is 0 Å². The Balaban J connectivity index is 0.000000296. The van der Waals surface area contributed by atoms with Gasteiger partial charge in [-0.05, 0) is 67.4 Å². The smallest absolute Gasteiger partial charge is 0.137 e. The summed E-state index contributed by atoms with van der Waals surface area (Å²) in [5.74, 6) is 0.894. The van der Waals surface area contributed by atoms with Crippen LogP contribution in [0.25, 0.3) is 33.2 Å². The molecule has 1 saturated carbocycles. The molecule has 4 aromatic heterocycles. The van der Waals surface area contributed by atoms with Gasteiger partial charge in [-0.25, -0.2) is 9.67 Å². The van der Waals surface area contributed by atoms with E-state index >= 15 is 0 Å². The zero-order valence-electron chi connectivity index (χ0n) is 17.7. The van der Waals surface area contributed by atoms with Gasteiger partial charge in [0.2, 0.25) is 0 Å². The Bertz CT molecular complexity index is 1300. The number of nitrogens with two attached hydrogens (primary N) is 1. The number of H-pyrrole nitrogens is 2. The van der Waals surface area contributed by atoms with E-state index in [4.69, 9.17) is 5.73 Å². The largest absolute Gasteiger partial charge is 0.359 e. The predicted octanol–water partition coefficient (Wildman–Crippen LogP) is 4.40. The summed E-state index contributed by atoms with van der Waals surface area (Å²) < 4.78 is 1.85. The minimum Gasteiger partial charge on any atom is -0.359 e. The Labute approximate surface area is 180 Å². The quantitative estimate of drug-likeness (QED) is 0.406. The molecule has 1 aliphatic carbocycles. The summed E-state index contributed by atoms with van der Waals surface area (Å²) in [6, 6.07) is 12.7. The maximum Gasteiger partial charge on any atom is 0.137 e. The summed E-state index contributed by atoms with van der Waals surface area (Å²) >= 11 is 0. The number of hydrogen-bond donors (Lipinski definition) is 3. The fourth-order valence-electron chi connectivity index (χ4n) is 3.92. The number of pyridine rings is 1. The average Bonchev–Trinajstić information content (AvgIpc) is 3.45. The molecule has 1 aliphatic rings. The number of aromatic nitrogens is 6. The van der Waals surface area contributed by atoms with Crippen LogP contribution in [0.2, 0.25) is 0 Å². The Hall–Kier alpha value is -3.45. The van der Waals surface area contributed by atoms with Crippen molar-refractivity contribution in [1.29, 1.82) is 0 Å². The van der Waals surface area contributed by atoms with Gasteiger partial charge in [-0.2, -0.15) is 0 Å². The number of rotatable bonds is 4. The van der Waals surface area contributed by atoms with Gasteiger partial charge in [-0.1, -0.05) is 23.8 Å². The van der Waals surface area contributed by atoms with Crippen molar-refractivity contribution in [2.45, 2.75) is 32.7 Å². The van der Waals surface area contributed by atoms with Crippen molar-refractivity contribution < 1.29 is 0 Å². The second kappa shape index (κ2) is 8.35. The van der Waals surface area contributed by atoms with Crippen LogP contribution in [0, 0.1) is 12.8 Å². The molecule has 4 heterocycles. The Morgan fingerprint density at radius 1 is 1.13 bits per heavy atom. The summed E-state index contributed by atoms with van der Waals surface area (Å²) in [5.41, 5.74) is 11.5. The highest BCUT2D eigenvalue weighted by molar-refractivity contribution is 5.81. The van der Waals surface area contributed by atoms with Gasteiger partial charge in [0.1, 0.15) is 11.3 Å². The van der Waals surface area contributed by atoms with E-state index in [9.17, 15) is 0 Å². The summed E-state index contributed by atoms with van der Waals surface area (Å²) in [7, 11) is 0. The molecule has 7 heteroatoms. The van der Waals surface area contributed by atoms with Crippen molar-refractivity contribution in [2.75, 3.05) is 6.54 Å². The molecule has 6 rings (SSSR count). The van der Waals surface area contributed by atoms with Crippen LogP contribution in [0.5, 0.6) is 0 Å². The Morgan fingerprint density at radius 2 is 2.03 bits per heavy atom. The lowest BCUT2D eigenvalue weighted by Crippen LogP contribution is -2.20. The van der Waals surface area contributed by atoms with Crippen LogP contribution in [-0.4, -0.2) is 36.5 Å². The minimum absolute atomic E-state index is 0.681. The summed E-state index contributed by atoms with van der Waals surface area (Å²) in [5, 5.41) is 10.9. The first-order valence-electron chi connectivity index (χ1n) is 10.8. The third kappa shape index (κ3) is 4.22. The molecule has 5 aromatic rings. The molecular weight excluding hydrogens is 386 g/mol. The number of nitrogens with zero attached hydrogens (tertiary/aromatic N) is 4. The predicted molar refractivity (Wildman–Crippen MR) is 124 cm³/mol. The molecule has 1 aromatic carbocycles. The molecule has 1 fully saturated rings. The maximum atomic E-state index is 5.33. The molecule has 4 N–H and O–H groups in total. The molecule has 158 valence electrons. The topological polar surface area (TPSA) is 101 Å². The first-order chi connectivity index (χ1) is 15.2. The molecular formula is C24H27N7. The maximum absolute atomic E-state index is 5.33. The average molecular weight is 414 g/mol. The van der Waals surface area contributed by atoms with E-state index in [1.807, 2.05) is 29.3 Å². The molecule has 0 aliphatic heterocycles. The van der Waals surface area contributed by atoms with E-state index < -0.39 is 0 Å². The van der Waals surface area contributed by atoms with E-state index in [1.165, 1.54) is 35.9 Å². The van der Waals surface area contributed by atoms with Crippen molar-refractivity contribution in [3.8, 4) is 11.3 Å². The van der Waals surface area contributed by atoms with Crippen molar-refractivity contribution >= 4 is 21.9 Å². The number of nitrogens with one attached hydrogen (secondary N) is 2. The van der Waals surface area contributed by atoms with Crippen molar-refractivity contribution in [1.82, 2.24) is 29.9 Å². The Kier molecular flexibility index (Phi) is 5.26. The van der Waals surface area contributed by atoms with Crippen molar-refractivity contribution in [3.63, 3.8) is 0 Å². The van der Waals surface area contributed by atoms with Crippen LogP contribution in [0.1, 0.15) is 30.5 Å². The van der Waals surface area contributed by atoms with Gasteiger partial charge >= 0.3 is 0 Å². The summed E-state index contributed by atoms with van der Waals surface area (Å²) in [6.07, 6.45) is 9.85. The van der Waals surface area contributed by atoms with Gasteiger partial charge in [-0.15, -0.1) is 5.10 Å². The normalized spacial score (nSPS) is 13.9. The number of aromatic amines is 2. The monoisotopic (exact) mass is 413 g/mol. The lowest BCUT2D eigenvalue weighted by atomic mass is 9.86. The van der Waals surface area contributed by atoms with Crippen LogP contribution >= 0.6 is 0 Å². The van der Waals surface area contributed by atoms with Gasteiger partial charge in [0.05, 0.1) is 12.7 Å². The van der Waals surface area contributed by atoms with Crippen molar-refractivity contribution in [2.24, 2.45) is 11.7 Å². The lowest BCUT2D eigenvalue weighted by Gasteiger charge is -2.22. The lowest BCUT2D eigenvalue weighted by molar-refractivity contribution is 0.325. The Morgan fingerprint density at radius 3 is 2.81 bits per heavy atom. The molecule has 0 bridgehead atoms. The second-order valence-electron chi connectivity index (χ2n) is 8.35. The highest BCUT2D eigenvalue weighted by Crippen LogP contribution is 2.24. The minimum atomic E-state index is 0.681. The van der Waals surface area contributed by atoms with E-state index in [0.29, 0.717) is 6.54 Å². The van der Waals surface area contributed by atoms with Gasteiger partial charge in [0, 0.05) is 34.6 Å². The number of fused-ring (bicyclic) bond motifs is 2. The third-order valence-electron chi connectivity index (χ3n) is 5.96. The first kappa shape index (κ1) is 19.5. The molecule has 7 nitrogen and oxygen atoms in total. The second-order valence-corrected chi connectivity index (χ2v) is 8.35. The highest BCUT2D eigenvalue weighted by Gasteiger charge is 2.14. The molecule has 0 unspecified atom stereocenters. The van der Waals surface area contributed by atoms with E-state index in [0.717, 1.165) is 40.3 Å². The van der Waals surface area contributed by atoms with E-state index in [1.54, 1.807) is 0 Å². The fourth-order valence-corrected chi connectivity index (χ4v) is 3.92. The summed E-state index contributed by atoms with van der Waals surface area (Å²) in [6.45, 7) is 3.67. The number of hydrogen-bond acceptors (Lipinski definition) is 4. The van der Waals surface area contributed by atoms with Gasteiger partial charge < -0.3 is 15.7 Å². The fraction of sp³-hybridized carbons (Fsp3) is 0.292. The molecule has 0 radical (unpaired) electrons. The zero-order chi connectivity index (χ0) is 21.2. The molecule has 0 saturated heterocycles. The third-order valence-corrected chi connectivity index (χ3v) is 5.96. The number of aryl methyl sites for hydroxylation is 1. The molecule has 31 heavy (non-hydrogen) atoms. The van der Waals surface area contributed by atoms with Crippen LogP contribution in [-0.2, 0) is 6.54 Å². The number of benzene rings is 1. The molecule has 0 spiro atoms. The zero-order valence-corrected chi connectivity index (χ0v) is 17.7. The summed E-state index contributed by atoms with van der Waals surface area (Å²) in [4.78, 5) is 10.9. The standard InChI is InChI=1S/C19H16N6.C5H11N/c1-12-6-14-3-2-13(7-17(14)22-12)10-25-11-18(23-24-25)16-8-15-4-5-20-19(15)21-9-16;6-4-5-2-1-3-5/h2-9,11,22H,10H2,1H3,(H,20,21);5H,1-4,6H2. The van der Waals surface area contributed by atoms with Crippen LogP contribution < -0.4 is 5.73 Å². The molecule has 0 atom stereocenters. The molecule has 0 amide bonds. The van der Waals surface area contributed by atoms with Crippen molar-refractivity contribution in [3.05, 3.63) is 66.2 Å². The van der Waals surface area contributed by atoms with E-state index in [-0.39, 0.29) is 0 Å². The highest BCUT2D eigenvalue weighted by atomic mass is 15.4. The van der Waals surface area contributed by atoms with Gasteiger partial charge in [0.25, 0.3) is 0 Å².